The predicted molar refractivity (Wildman–Crippen MR) is 77.0 cm³/mol. The SMILES string of the molecule is CCN1CCN(c2ccc(NS(C)(=O)=O)nc2)CC1. The van der Waals surface area contributed by atoms with Crippen molar-refractivity contribution in [3.05, 3.63) is 18.3 Å². The fraction of sp³-hybridized carbons (Fsp3) is 0.583. The van der Waals surface area contributed by atoms with Crippen molar-refractivity contribution in [3.8, 4) is 0 Å². The van der Waals surface area contributed by atoms with E-state index in [1.807, 2.05) is 6.07 Å². The van der Waals surface area contributed by atoms with Crippen LogP contribution in [0.25, 0.3) is 0 Å². The number of rotatable bonds is 4. The van der Waals surface area contributed by atoms with Crippen LogP contribution in [0.15, 0.2) is 18.3 Å². The number of aromatic nitrogens is 1. The van der Waals surface area contributed by atoms with Crippen LogP contribution in [0.1, 0.15) is 6.92 Å². The van der Waals surface area contributed by atoms with Crippen LogP contribution in [-0.4, -0.2) is 57.3 Å². The van der Waals surface area contributed by atoms with E-state index in [1.165, 1.54) is 0 Å². The van der Waals surface area contributed by atoms with Gasteiger partial charge in [-0.3, -0.25) is 4.72 Å². The number of pyridine rings is 1. The quantitative estimate of drug-likeness (QED) is 0.877. The zero-order chi connectivity index (χ0) is 13.9. The summed E-state index contributed by atoms with van der Waals surface area (Å²) < 4.78 is 24.5. The second kappa shape index (κ2) is 5.75. The first-order valence-electron chi connectivity index (χ1n) is 6.39. The monoisotopic (exact) mass is 284 g/mol. The standard InChI is InChI=1S/C12H20N4O2S/c1-3-15-6-8-16(9-7-15)11-4-5-12(13-10-11)14-19(2,17)18/h4-5,10H,3,6-9H2,1-2H3,(H,13,14). The predicted octanol–water partition coefficient (Wildman–Crippen LogP) is 0.595. The summed E-state index contributed by atoms with van der Waals surface area (Å²) in [6.07, 6.45) is 2.84. The van der Waals surface area contributed by atoms with E-state index in [0.717, 1.165) is 44.7 Å². The highest BCUT2D eigenvalue weighted by molar-refractivity contribution is 7.92. The zero-order valence-electron chi connectivity index (χ0n) is 11.3. The van der Waals surface area contributed by atoms with Gasteiger partial charge in [-0.2, -0.15) is 0 Å². The van der Waals surface area contributed by atoms with Crippen LogP contribution in [0.4, 0.5) is 11.5 Å². The smallest absolute Gasteiger partial charge is 0.230 e. The Hall–Kier alpha value is -1.34. The third-order valence-electron chi connectivity index (χ3n) is 3.22. The number of hydrogen-bond acceptors (Lipinski definition) is 5. The van der Waals surface area contributed by atoms with Crippen molar-refractivity contribution in [3.63, 3.8) is 0 Å². The van der Waals surface area contributed by atoms with Gasteiger partial charge >= 0.3 is 0 Å². The van der Waals surface area contributed by atoms with Gasteiger partial charge in [0.2, 0.25) is 10.0 Å². The Bertz CT molecular complexity index is 507. The van der Waals surface area contributed by atoms with Gasteiger partial charge in [0.05, 0.1) is 18.1 Å². The van der Waals surface area contributed by atoms with E-state index in [-0.39, 0.29) is 0 Å². The second-order valence-corrected chi connectivity index (χ2v) is 6.45. The molecule has 1 aliphatic rings. The fourth-order valence-corrected chi connectivity index (χ4v) is 2.65. The molecule has 0 spiro atoms. The van der Waals surface area contributed by atoms with Crippen molar-refractivity contribution in [2.75, 3.05) is 48.6 Å². The summed E-state index contributed by atoms with van der Waals surface area (Å²) in [5, 5.41) is 0. The maximum Gasteiger partial charge on any atom is 0.230 e. The average molecular weight is 284 g/mol. The van der Waals surface area contributed by atoms with Gasteiger partial charge in [0.25, 0.3) is 0 Å². The van der Waals surface area contributed by atoms with Crippen molar-refractivity contribution in [2.45, 2.75) is 6.92 Å². The van der Waals surface area contributed by atoms with Gasteiger partial charge < -0.3 is 9.80 Å². The minimum Gasteiger partial charge on any atom is -0.368 e. The van der Waals surface area contributed by atoms with E-state index in [0.29, 0.717) is 5.82 Å². The summed E-state index contributed by atoms with van der Waals surface area (Å²) in [5.74, 6) is 0.360. The number of piperazine rings is 1. The molecule has 2 heterocycles. The molecule has 0 amide bonds. The molecule has 2 rings (SSSR count). The van der Waals surface area contributed by atoms with Crippen LogP contribution in [0.2, 0.25) is 0 Å². The average Bonchev–Trinajstić information content (AvgIpc) is 2.38. The highest BCUT2D eigenvalue weighted by Crippen LogP contribution is 2.17. The van der Waals surface area contributed by atoms with Crippen molar-refractivity contribution in [2.24, 2.45) is 0 Å². The fourth-order valence-electron chi connectivity index (χ4n) is 2.15. The van der Waals surface area contributed by atoms with E-state index in [4.69, 9.17) is 0 Å². The molecule has 0 saturated carbocycles. The third kappa shape index (κ3) is 4.07. The van der Waals surface area contributed by atoms with Crippen LogP contribution in [0, 0.1) is 0 Å². The third-order valence-corrected chi connectivity index (χ3v) is 3.80. The van der Waals surface area contributed by atoms with Gasteiger partial charge in [-0.05, 0) is 18.7 Å². The Morgan fingerprint density at radius 2 is 1.95 bits per heavy atom. The van der Waals surface area contributed by atoms with Crippen LogP contribution in [0.5, 0.6) is 0 Å². The van der Waals surface area contributed by atoms with Gasteiger partial charge in [0.1, 0.15) is 5.82 Å². The molecule has 1 aromatic heterocycles. The van der Waals surface area contributed by atoms with Crippen molar-refractivity contribution in [1.29, 1.82) is 0 Å². The van der Waals surface area contributed by atoms with Crippen LogP contribution < -0.4 is 9.62 Å². The van der Waals surface area contributed by atoms with E-state index in [2.05, 4.69) is 26.4 Å². The molecule has 0 atom stereocenters. The minimum absolute atomic E-state index is 0.360. The Balaban J connectivity index is 1.99. The second-order valence-electron chi connectivity index (χ2n) is 4.70. The van der Waals surface area contributed by atoms with Gasteiger partial charge in [-0.1, -0.05) is 6.92 Å². The maximum absolute atomic E-state index is 11.1. The summed E-state index contributed by atoms with van der Waals surface area (Å²) in [7, 11) is -3.26. The highest BCUT2D eigenvalue weighted by Gasteiger charge is 2.16. The number of anilines is 2. The lowest BCUT2D eigenvalue weighted by Gasteiger charge is -2.35. The molecular weight excluding hydrogens is 264 g/mol. The Morgan fingerprint density at radius 3 is 2.42 bits per heavy atom. The lowest BCUT2D eigenvalue weighted by molar-refractivity contribution is 0.271. The molecule has 1 N–H and O–H groups in total. The zero-order valence-corrected chi connectivity index (χ0v) is 12.2. The summed E-state index contributed by atoms with van der Waals surface area (Å²) in [4.78, 5) is 8.81. The maximum atomic E-state index is 11.1. The molecule has 1 aromatic rings. The molecule has 1 saturated heterocycles. The number of hydrogen-bond donors (Lipinski definition) is 1. The first kappa shape index (κ1) is 14.1. The molecule has 19 heavy (non-hydrogen) atoms. The molecular formula is C12H20N4O2S. The lowest BCUT2D eigenvalue weighted by atomic mass is 10.3. The largest absolute Gasteiger partial charge is 0.368 e. The molecule has 106 valence electrons. The summed E-state index contributed by atoms with van der Waals surface area (Å²) in [6, 6.07) is 3.60. The molecule has 0 unspecified atom stereocenters. The molecule has 0 aromatic carbocycles. The van der Waals surface area contributed by atoms with E-state index in [9.17, 15) is 8.42 Å². The van der Waals surface area contributed by atoms with Gasteiger partial charge in [-0.15, -0.1) is 0 Å². The molecule has 0 radical (unpaired) electrons. The summed E-state index contributed by atoms with van der Waals surface area (Å²) >= 11 is 0. The van der Waals surface area contributed by atoms with Crippen LogP contribution >= 0.6 is 0 Å². The molecule has 1 fully saturated rings. The number of likely N-dealkylation sites (N-methyl/N-ethyl adjacent to an activating group) is 1. The Morgan fingerprint density at radius 1 is 1.26 bits per heavy atom. The molecule has 0 bridgehead atoms. The molecule has 1 aliphatic heterocycles. The summed E-state index contributed by atoms with van der Waals surface area (Å²) in [5.41, 5.74) is 1.04. The topological polar surface area (TPSA) is 65.5 Å². The molecule has 7 heteroatoms. The van der Waals surface area contributed by atoms with Crippen molar-refractivity contribution < 1.29 is 8.42 Å². The first-order chi connectivity index (χ1) is 8.98. The van der Waals surface area contributed by atoms with Crippen LogP contribution in [0.3, 0.4) is 0 Å². The van der Waals surface area contributed by atoms with E-state index >= 15 is 0 Å². The summed E-state index contributed by atoms with van der Waals surface area (Å²) in [6.45, 7) is 7.33. The van der Waals surface area contributed by atoms with Gasteiger partial charge in [-0.25, -0.2) is 13.4 Å². The Labute approximate surface area is 114 Å². The molecule has 6 nitrogen and oxygen atoms in total. The minimum atomic E-state index is -3.26. The highest BCUT2D eigenvalue weighted by atomic mass is 32.2. The number of nitrogens with zero attached hydrogens (tertiary/aromatic N) is 3. The normalized spacial score (nSPS) is 17.5. The number of sulfonamides is 1. The van der Waals surface area contributed by atoms with E-state index in [1.54, 1.807) is 12.3 Å². The lowest BCUT2D eigenvalue weighted by Crippen LogP contribution is -2.46. The first-order valence-corrected chi connectivity index (χ1v) is 8.28. The van der Waals surface area contributed by atoms with Crippen molar-refractivity contribution >= 4 is 21.5 Å². The molecule has 0 aliphatic carbocycles. The van der Waals surface area contributed by atoms with Crippen LogP contribution in [-0.2, 0) is 10.0 Å². The van der Waals surface area contributed by atoms with Gasteiger partial charge in [0.15, 0.2) is 0 Å². The number of nitrogens with one attached hydrogen (secondary N) is 1. The van der Waals surface area contributed by atoms with Gasteiger partial charge in [0, 0.05) is 26.2 Å². The Kier molecular flexibility index (Phi) is 4.26. The van der Waals surface area contributed by atoms with Crippen molar-refractivity contribution in [1.82, 2.24) is 9.88 Å². The van der Waals surface area contributed by atoms with E-state index < -0.39 is 10.0 Å².